The van der Waals surface area contributed by atoms with Crippen LogP contribution in [0.3, 0.4) is 0 Å². The molecule has 2 aromatic heterocycles. The number of methoxy groups -OCH3 is 1. The highest BCUT2D eigenvalue weighted by atomic mass is 16.5. The minimum absolute atomic E-state index is 0.216. The van der Waals surface area contributed by atoms with Crippen molar-refractivity contribution in [2.75, 3.05) is 17.7 Å². The van der Waals surface area contributed by atoms with Crippen molar-refractivity contribution in [1.29, 1.82) is 0 Å². The molecule has 4 rings (SSSR count). The summed E-state index contributed by atoms with van der Waals surface area (Å²) in [6, 6.07) is 19.9. The van der Waals surface area contributed by atoms with E-state index in [1.54, 1.807) is 44.1 Å². The van der Waals surface area contributed by atoms with Gasteiger partial charge < -0.3 is 15.4 Å². The summed E-state index contributed by atoms with van der Waals surface area (Å²) in [4.78, 5) is 30.6. The largest absolute Gasteiger partial charge is 0.495 e. The summed E-state index contributed by atoms with van der Waals surface area (Å²) < 4.78 is 8.59. The Hall–Kier alpha value is -4.33. The van der Waals surface area contributed by atoms with Gasteiger partial charge in [0, 0.05) is 13.2 Å². The quantitative estimate of drug-likeness (QED) is 0.485. The van der Waals surface area contributed by atoms with Gasteiger partial charge in [-0.25, -0.2) is 9.67 Å². The highest BCUT2D eigenvalue weighted by Gasteiger charge is 2.21. The number of aromatic nitrogens is 3. The van der Waals surface area contributed by atoms with Crippen molar-refractivity contribution in [3.05, 3.63) is 94.5 Å². The summed E-state index contributed by atoms with van der Waals surface area (Å²) >= 11 is 0. The fourth-order valence-corrected chi connectivity index (χ4v) is 3.46. The Morgan fingerprint density at radius 2 is 1.72 bits per heavy atom. The number of ether oxygens (including phenoxy) is 1. The second-order valence-electron chi connectivity index (χ2n) is 7.12. The molecule has 0 aliphatic heterocycles. The second-order valence-corrected chi connectivity index (χ2v) is 7.12. The Bertz CT molecular complexity index is 1330. The van der Waals surface area contributed by atoms with Crippen LogP contribution in [0.5, 0.6) is 5.75 Å². The lowest BCUT2D eigenvalue weighted by Gasteiger charge is -2.13. The lowest BCUT2D eigenvalue weighted by Crippen LogP contribution is -2.23. The number of carbonyl (C=O) groups excluding carboxylic acids is 1. The summed E-state index contributed by atoms with van der Waals surface area (Å²) in [7, 11) is 3.35. The predicted molar refractivity (Wildman–Crippen MR) is 124 cm³/mol. The number of amides is 1. The molecule has 0 aliphatic carbocycles. The number of para-hydroxylation sites is 3. The maximum absolute atomic E-state index is 13.2. The first-order chi connectivity index (χ1) is 15.5. The molecule has 0 spiro atoms. The Labute approximate surface area is 185 Å². The zero-order valence-corrected chi connectivity index (χ0v) is 18.0. The summed E-state index contributed by atoms with van der Waals surface area (Å²) in [5.74, 6) is 0.530. The number of benzene rings is 2. The fraction of sp³-hybridized carbons (Fsp3) is 0.125. The molecule has 32 heavy (non-hydrogen) atoms. The lowest BCUT2D eigenvalue weighted by atomic mass is 10.2. The van der Waals surface area contributed by atoms with Gasteiger partial charge in [-0.05, 0) is 43.3 Å². The molecule has 0 radical (unpaired) electrons. The fourth-order valence-electron chi connectivity index (χ4n) is 3.46. The van der Waals surface area contributed by atoms with Crippen molar-refractivity contribution in [3.63, 3.8) is 0 Å². The van der Waals surface area contributed by atoms with Crippen LogP contribution < -0.4 is 20.9 Å². The number of rotatable bonds is 6. The highest BCUT2D eigenvalue weighted by molar-refractivity contribution is 6.08. The topological polar surface area (TPSA) is 90.2 Å². The minimum Gasteiger partial charge on any atom is -0.495 e. The molecule has 0 fully saturated rings. The normalized spacial score (nSPS) is 10.6. The number of nitrogens with one attached hydrogen (secondary N) is 2. The molecule has 0 bridgehead atoms. The molecule has 2 N–H and O–H groups in total. The van der Waals surface area contributed by atoms with E-state index in [1.807, 2.05) is 54.6 Å². The van der Waals surface area contributed by atoms with E-state index in [-0.39, 0.29) is 11.2 Å². The van der Waals surface area contributed by atoms with Gasteiger partial charge in [0.1, 0.15) is 17.3 Å². The van der Waals surface area contributed by atoms with Crippen LogP contribution in [0.15, 0.2) is 77.7 Å². The van der Waals surface area contributed by atoms with Gasteiger partial charge >= 0.3 is 0 Å². The number of nitrogens with zero attached hydrogens (tertiary/aromatic N) is 3. The van der Waals surface area contributed by atoms with E-state index in [0.29, 0.717) is 34.2 Å². The van der Waals surface area contributed by atoms with E-state index < -0.39 is 5.91 Å². The number of hydrogen-bond acceptors (Lipinski definition) is 5. The van der Waals surface area contributed by atoms with Crippen molar-refractivity contribution in [2.45, 2.75) is 6.92 Å². The van der Waals surface area contributed by atoms with Crippen molar-refractivity contribution in [1.82, 2.24) is 14.3 Å². The Morgan fingerprint density at radius 3 is 2.47 bits per heavy atom. The third kappa shape index (κ3) is 3.85. The summed E-state index contributed by atoms with van der Waals surface area (Å²) in [6.45, 7) is 1.79. The molecule has 0 aliphatic rings. The van der Waals surface area contributed by atoms with Crippen molar-refractivity contribution in [2.24, 2.45) is 7.05 Å². The van der Waals surface area contributed by atoms with Gasteiger partial charge in [-0.2, -0.15) is 0 Å². The van der Waals surface area contributed by atoms with Gasteiger partial charge in [0.25, 0.3) is 11.5 Å². The Morgan fingerprint density at radius 1 is 1.00 bits per heavy atom. The molecule has 162 valence electrons. The number of anilines is 3. The lowest BCUT2D eigenvalue weighted by molar-refractivity contribution is 0.102. The third-order valence-electron chi connectivity index (χ3n) is 5.21. The zero-order valence-electron chi connectivity index (χ0n) is 18.0. The first-order valence-electron chi connectivity index (χ1n) is 10.0. The molecule has 0 saturated carbocycles. The van der Waals surface area contributed by atoms with Crippen molar-refractivity contribution >= 4 is 23.1 Å². The first-order valence-corrected chi connectivity index (χ1v) is 10.0. The molecule has 4 aromatic rings. The second kappa shape index (κ2) is 8.81. The smallest absolute Gasteiger partial charge is 0.295 e. The van der Waals surface area contributed by atoms with Crippen LogP contribution in [-0.2, 0) is 7.05 Å². The van der Waals surface area contributed by atoms with Gasteiger partial charge in [-0.3, -0.25) is 14.3 Å². The average Bonchev–Trinajstić information content (AvgIpc) is 3.03. The molecule has 1 amide bonds. The standard InChI is InChI=1S/C24H23N5O3/c1-16-21(24(31)29(28(16)2)17-10-5-4-6-11-17)27-23(30)18-12-9-15-25-22(18)26-19-13-7-8-14-20(19)32-3/h4-15H,1-3H3,(H,25,26)(H,27,30). The van der Waals surface area contributed by atoms with Crippen LogP contribution in [0, 0.1) is 6.92 Å². The number of carbonyl (C=O) groups is 1. The van der Waals surface area contributed by atoms with Gasteiger partial charge in [-0.15, -0.1) is 0 Å². The van der Waals surface area contributed by atoms with Crippen LogP contribution in [0.25, 0.3) is 5.69 Å². The molecule has 2 aromatic carbocycles. The van der Waals surface area contributed by atoms with E-state index in [0.717, 1.165) is 0 Å². The molecular weight excluding hydrogens is 406 g/mol. The minimum atomic E-state index is -0.443. The van der Waals surface area contributed by atoms with Crippen LogP contribution in [0.2, 0.25) is 0 Å². The summed E-state index contributed by atoms with van der Waals surface area (Å²) in [6.07, 6.45) is 1.59. The maximum Gasteiger partial charge on any atom is 0.295 e. The van der Waals surface area contributed by atoms with Crippen molar-refractivity contribution < 1.29 is 9.53 Å². The van der Waals surface area contributed by atoms with Gasteiger partial charge in [0.15, 0.2) is 0 Å². The van der Waals surface area contributed by atoms with Crippen LogP contribution >= 0.6 is 0 Å². The maximum atomic E-state index is 13.2. The third-order valence-corrected chi connectivity index (χ3v) is 5.21. The van der Waals surface area contributed by atoms with Crippen LogP contribution in [-0.4, -0.2) is 27.4 Å². The monoisotopic (exact) mass is 429 g/mol. The van der Waals surface area contributed by atoms with Gasteiger partial charge in [-0.1, -0.05) is 30.3 Å². The average molecular weight is 429 g/mol. The van der Waals surface area contributed by atoms with Crippen molar-refractivity contribution in [3.8, 4) is 11.4 Å². The molecular formula is C24H23N5O3. The van der Waals surface area contributed by atoms with E-state index in [4.69, 9.17) is 4.74 Å². The van der Waals surface area contributed by atoms with E-state index in [1.165, 1.54) is 4.68 Å². The summed E-state index contributed by atoms with van der Waals surface area (Å²) in [5.41, 5.74) is 2.22. The molecule has 0 atom stereocenters. The number of hydrogen-bond donors (Lipinski definition) is 2. The molecule has 0 unspecified atom stereocenters. The highest BCUT2D eigenvalue weighted by Crippen LogP contribution is 2.28. The SMILES string of the molecule is COc1ccccc1Nc1ncccc1C(=O)Nc1c(C)n(C)n(-c2ccccc2)c1=O. The molecule has 0 saturated heterocycles. The van der Waals surface area contributed by atoms with E-state index >= 15 is 0 Å². The summed E-state index contributed by atoms with van der Waals surface area (Å²) in [5, 5.41) is 5.92. The molecule has 2 heterocycles. The zero-order chi connectivity index (χ0) is 22.7. The Balaban J connectivity index is 1.67. The van der Waals surface area contributed by atoms with E-state index in [2.05, 4.69) is 15.6 Å². The van der Waals surface area contributed by atoms with Gasteiger partial charge in [0.05, 0.1) is 29.7 Å². The van der Waals surface area contributed by atoms with Crippen LogP contribution in [0.4, 0.5) is 17.2 Å². The molecule has 8 nitrogen and oxygen atoms in total. The molecule has 8 heteroatoms. The van der Waals surface area contributed by atoms with Gasteiger partial charge in [0.2, 0.25) is 0 Å². The Kier molecular flexibility index (Phi) is 5.76. The predicted octanol–water partition coefficient (Wildman–Crippen LogP) is 3.88. The van der Waals surface area contributed by atoms with Crippen LogP contribution in [0.1, 0.15) is 16.1 Å². The van der Waals surface area contributed by atoms with E-state index in [9.17, 15) is 9.59 Å². The number of pyridine rings is 1. The first kappa shape index (κ1) is 20.9.